The van der Waals surface area contributed by atoms with E-state index in [1.165, 1.54) is 10.9 Å². The van der Waals surface area contributed by atoms with Gasteiger partial charge in [0.2, 0.25) is 11.2 Å². The van der Waals surface area contributed by atoms with E-state index in [9.17, 15) is 4.79 Å². The zero-order chi connectivity index (χ0) is 14.8. The number of nitrogens with one attached hydrogen (secondary N) is 1. The molecule has 0 saturated carbocycles. The average Bonchev–Trinajstić information content (AvgIpc) is 2.81. The summed E-state index contributed by atoms with van der Waals surface area (Å²) in [4.78, 5) is 19.8. The maximum atomic E-state index is 11.9. The van der Waals surface area contributed by atoms with Crippen LogP contribution in [0.2, 0.25) is 5.28 Å². The molecular weight excluding hydrogens is 294 g/mol. The van der Waals surface area contributed by atoms with Gasteiger partial charge in [0.1, 0.15) is 5.39 Å². The second kappa shape index (κ2) is 5.37. The van der Waals surface area contributed by atoms with Gasteiger partial charge in [0.15, 0.2) is 5.65 Å². The number of hydrogen-bond acceptors (Lipinski definition) is 5. The van der Waals surface area contributed by atoms with E-state index in [1.54, 1.807) is 31.3 Å². The van der Waals surface area contributed by atoms with E-state index >= 15 is 0 Å². The van der Waals surface area contributed by atoms with Crippen LogP contribution in [-0.2, 0) is 7.05 Å². The van der Waals surface area contributed by atoms with Crippen molar-refractivity contribution in [2.75, 3.05) is 5.32 Å². The van der Waals surface area contributed by atoms with Gasteiger partial charge in [-0.05, 0) is 23.7 Å². The first-order chi connectivity index (χ1) is 10.1. The Bertz CT molecular complexity index is 803. The lowest BCUT2D eigenvalue weighted by Crippen LogP contribution is -2.17. The number of fused-ring (bicyclic) bond motifs is 1. The van der Waals surface area contributed by atoms with Crippen LogP contribution in [0.1, 0.15) is 0 Å². The summed E-state index contributed by atoms with van der Waals surface area (Å²) in [5.41, 5.74) is 1.10. The van der Waals surface area contributed by atoms with Crippen molar-refractivity contribution < 1.29 is 9.53 Å². The third-order valence-electron chi connectivity index (χ3n) is 2.74. The Morgan fingerprint density at radius 1 is 1.29 bits per heavy atom. The topological polar surface area (TPSA) is 81.9 Å². The van der Waals surface area contributed by atoms with Gasteiger partial charge in [-0.3, -0.25) is 10.00 Å². The van der Waals surface area contributed by atoms with E-state index in [0.29, 0.717) is 16.7 Å². The highest BCUT2D eigenvalue weighted by Crippen LogP contribution is 2.23. The molecule has 0 aliphatic heterocycles. The van der Waals surface area contributed by atoms with Crippen molar-refractivity contribution in [2.24, 2.45) is 7.05 Å². The van der Waals surface area contributed by atoms with Gasteiger partial charge in [-0.1, -0.05) is 18.2 Å². The maximum Gasteiger partial charge on any atom is 0.418 e. The van der Waals surface area contributed by atoms with Crippen molar-refractivity contribution in [2.45, 2.75) is 0 Å². The predicted octanol–water partition coefficient (Wildman–Crippen LogP) is 2.63. The van der Waals surface area contributed by atoms with Crippen LogP contribution in [-0.4, -0.2) is 25.8 Å². The second-order valence-electron chi connectivity index (χ2n) is 4.18. The van der Waals surface area contributed by atoms with Crippen LogP contribution >= 0.6 is 11.6 Å². The van der Waals surface area contributed by atoms with E-state index in [0.717, 1.165) is 0 Å². The second-order valence-corrected chi connectivity index (χ2v) is 4.52. The minimum Gasteiger partial charge on any atom is -0.390 e. The molecule has 0 radical (unpaired) electrons. The van der Waals surface area contributed by atoms with E-state index in [1.807, 2.05) is 6.07 Å². The summed E-state index contributed by atoms with van der Waals surface area (Å²) in [6.45, 7) is 0. The Morgan fingerprint density at radius 2 is 2.05 bits per heavy atom. The molecule has 8 heteroatoms. The minimum absolute atomic E-state index is 0.0198. The molecule has 7 nitrogen and oxygen atoms in total. The number of carbonyl (C=O) groups is 1. The average molecular weight is 304 g/mol. The van der Waals surface area contributed by atoms with Crippen molar-refractivity contribution in [1.82, 2.24) is 19.7 Å². The number of halogens is 1. The van der Waals surface area contributed by atoms with Gasteiger partial charge < -0.3 is 4.74 Å². The Morgan fingerprint density at radius 3 is 2.81 bits per heavy atom. The molecule has 1 aromatic carbocycles. The van der Waals surface area contributed by atoms with Gasteiger partial charge >= 0.3 is 6.09 Å². The van der Waals surface area contributed by atoms with Crippen LogP contribution < -0.4 is 10.1 Å². The van der Waals surface area contributed by atoms with Crippen molar-refractivity contribution in [3.05, 3.63) is 41.8 Å². The zero-order valence-corrected chi connectivity index (χ0v) is 11.7. The lowest BCUT2D eigenvalue weighted by molar-refractivity contribution is 0.214. The molecule has 2 heterocycles. The summed E-state index contributed by atoms with van der Waals surface area (Å²) in [6, 6.07) is 8.94. The van der Waals surface area contributed by atoms with Gasteiger partial charge in [-0.2, -0.15) is 15.1 Å². The van der Waals surface area contributed by atoms with Crippen molar-refractivity contribution in [3.63, 3.8) is 0 Å². The third-order valence-corrected chi connectivity index (χ3v) is 2.91. The Kier molecular flexibility index (Phi) is 3.41. The minimum atomic E-state index is -0.666. The highest BCUT2D eigenvalue weighted by Gasteiger charge is 2.15. The fraction of sp³-hybridized carbons (Fsp3) is 0.0769. The van der Waals surface area contributed by atoms with E-state index in [-0.39, 0.29) is 11.2 Å². The number of benzene rings is 1. The van der Waals surface area contributed by atoms with Crippen LogP contribution in [0.15, 0.2) is 36.5 Å². The summed E-state index contributed by atoms with van der Waals surface area (Å²) in [5.74, 6) is 0.0616. The molecule has 0 bridgehead atoms. The van der Waals surface area contributed by atoms with E-state index < -0.39 is 6.09 Å². The number of carbonyl (C=O) groups excluding carboxylic acids is 1. The molecule has 0 aliphatic rings. The third kappa shape index (κ3) is 2.77. The molecule has 0 saturated heterocycles. The van der Waals surface area contributed by atoms with Crippen LogP contribution in [0.5, 0.6) is 5.88 Å². The fourth-order valence-electron chi connectivity index (χ4n) is 1.80. The largest absolute Gasteiger partial charge is 0.418 e. The summed E-state index contributed by atoms with van der Waals surface area (Å²) in [7, 11) is 1.71. The number of aryl methyl sites for hydroxylation is 1. The summed E-state index contributed by atoms with van der Waals surface area (Å²) >= 11 is 5.82. The standard InChI is InChI=1S/C13H10ClN5O2/c1-19-10-9(7-15-19)11(18-12(14)17-10)21-13(20)16-8-5-3-2-4-6-8/h2-7H,1H3,(H,16,20). The monoisotopic (exact) mass is 303 g/mol. The number of ether oxygens (including phenoxy) is 1. The zero-order valence-electron chi connectivity index (χ0n) is 10.9. The first-order valence-corrected chi connectivity index (χ1v) is 6.40. The molecular formula is C13H10ClN5O2. The van der Waals surface area contributed by atoms with Crippen LogP contribution in [0.4, 0.5) is 10.5 Å². The SMILES string of the molecule is Cn1ncc2c(OC(=O)Nc3ccccc3)nc(Cl)nc21. The van der Waals surface area contributed by atoms with Crippen molar-refractivity contribution in [3.8, 4) is 5.88 Å². The number of nitrogens with zero attached hydrogens (tertiary/aromatic N) is 4. The van der Waals surface area contributed by atoms with Crippen molar-refractivity contribution >= 4 is 34.4 Å². The van der Waals surface area contributed by atoms with Gasteiger partial charge in [-0.25, -0.2) is 4.79 Å². The Balaban J connectivity index is 1.86. The van der Waals surface area contributed by atoms with Gasteiger partial charge in [0, 0.05) is 12.7 Å². The quantitative estimate of drug-likeness (QED) is 0.736. The summed E-state index contributed by atoms with van der Waals surface area (Å²) in [5, 5.41) is 7.11. The normalized spacial score (nSPS) is 10.6. The molecule has 0 aliphatic carbocycles. The number of rotatable bonds is 2. The predicted molar refractivity (Wildman–Crippen MR) is 77.4 cm³/mol. The highest BCUT2D eigenvalue weighted by molar-refractivity contribution is 6.28. The number of amides is 1. The molecule has 0 fully saturated rings. The van der Waals surface area contributed by atoms with Crippen molar-refractivity contribution in [1.29, 1.82) is 0 Å². The van der Waals surface area contributed by atoms with Gasteiger partial charge in [0.25, 0.3) is 0 Å². The number of aromatic nitrogens is 4. The number of anilines is 1. The molecule has 106 valence electrons. The van der Waals surface area contributed by atoms with Crippen LogP contribution in [0.25, 0.3) is 11.0 Å². The molecule has 1 amide bonds. The lowest BCUT2D eigenvalue weighted by Gasteiger charge is -2.06. The molecule has 0 spiro atoms. The van der Waals surface area contributed by atoms with E-state index in [2.05, 4.69) is 20.4 Å². The lowest BCUT2D eigenvalue weighted by atomic mass is 10.3. The molecule has 1 N–H and O–H groups in total. The summed E-state index contributed by atoms with van der Waals surface area (Å²) < 4.78 is 6.71. The molecule has 21 heavy (non-hydrogen) atoms. The molecule has 3 aromatic rings. The molecule has 0 atom stereocenters. The number of hydrogen-bond donors (Lipinski definition) is 1. The first-order valence-electron chi connectivity index (χ1n) is 6.02. The van der Waals surface area contributed by atoms with Crippen LogP contribution in [0.3, 0.4) is 0 Å². The smallest absolute Gasteiger partial charge is 0.390 e. The Hall–Kier alpha value is -2.67. The Labute approximate surface area is 124 Å². The highest BCUT2D eigenvalue weighted by atomic mass is 35.5. The van der Waals surface area contributed by atoms with Gasteiger partial charge in [0.05, 0.1) is 6.20 Å². The first kappa shape index (κ1) is 13.3. The fourth-order valence-corrected chi connectivity index (χ4v) is 1.96. The molecule has 3 rings (SSSR count). The van der Waals surface area contributed by atoms with E-state index in [4.69, 9.17) is 16.3 Å². The van der Waals surface area contributed by atoms with Crippen LogP contribution in [0, 0.1) is 0 Å². The summed E-state index contributed by atoms with van der Waals surface area (Å²) in [6.07, 6.45) is 0.845. The number of para-hydroxylation sites is 1. The molecule has 0 unspecified atom stereocenters. The molecule has 2 aromatic heterocycles. The maximum absolute atomic E-state index is 11.9. The van der Waals surface area contributed by atoms with Gasteiger partial charge in [-0.15, -0.1) is 0 Å².